The lowest BCUT2D eigenvalue weighted by Gasteiger charge is -2.12. The molecule has 0 spiro atoms. The van der Waals surface area contributed by atoms with Crippen molar-refractivity contribution in [3.8, 4) is 11.5 Å². The van der Waals surface area contributed by atoms with Crippen LogP contribution >= 0.6 is 0 Å². The number of amides is 2. The SMILES string of the molecule is COc1cc(NC(=O)NCC(O)c2ccc(C)o2)cc(OC)c1. The van der Waals surface area contributed by atoms with E-state index in [-0.39, 0.29) is 6.54 Å². The van der Waals surface area contributed by atoms with Crippen molar-refractivity contribution in [2.24, 2.45) is 0 Å². The Kier molecular flexibility index (Phi) is 5.48. The number of urea groups is 1. The number of aliphatic hydroxyl groups is 1. The van der Waals surface area contributed by atoms with Gasteiger partial charge in [-0.05, 0) is 19.1 Å². The monoisotopic (exact) mass is 320 g/mol. The Hall–Kier alpha value is -2.67. The Bertz CT molecular complexity index is 646. The number of benzene rings is 1. The minimum absolute atomic E-state index is 0.0277. The number of rotatable bonds is 6. The van der Waals surface area contributed by atoms with Crippen LogP contribution in [0.3, 0.4) is 0 Å². The molecule has 1 heterocycles. The summed E-state index contributed by atoms with van der Waals surface area (Å²) in [5, 5.41) is 15.2. The van der Waals surface area contributed by atoms with E-state index >= 15 is 0 Å². The fourth-order valence-electron chi connectivity index (χ4n) is 1.98. The number of aliphatic hydroxyl groups excluding tert-OH is 1. The first-order valence-corrected chi connectivity index (χ1v) is 7.04. The summed E-state index contributed by atoms with van der Waals surface area (Å²) in [6.45, 7) is 1.81. The molecule has 1 aromatic carbocycles. The van der Waals surface area contributed by atoms with E-state index in [1.54, 1.807) is 37.3 Å². The first kappa shape index (κ1) is 16.7. The summed E-state index contributed by atoms with van der Waals surface area (Å²) in [4.78, 5) is 11.9. The minimum atomic E-state index is -0.908. The van der Waals surface area contributed by atoms with Crippen molar-refractivity contribution in [1.29, 1.82) is 0 Å². The Morgan fingerprint density at radius 1 is 1.22 bits per heavy atom. The van der Waals surface area contributed by atoms with E-state index in [1.807, 2.05) is 0 Å². The number of carbonyl (C=O) groups is 1. The van der Waals surface area contributed by atoms with Gasteiger partial charge in [-0.3, -0.25) is 0 Å². The molecule has 3 N–H and O–H groups in total. The molecule has 1 unspecified atom stereocenters. The van der Waals surface area contributed by atoms with Gasteiger partial charge >= 0.3 is 6.03 Å². The van der Waals surface area contributed by atoms with Crippen molar-refractivity contribution >= 4 is 11.7 Å². The molecule has 2 rings (SSSR count). The number of hydrogen-bond acceptors (Lipinski definition) is 5. The average Bonchev–Trinajstić information content (AvgIpc) is 2.98. The fourth-order valence-corrected chi connectivity index (χ4v) is 1.98. The molecule has 0 aliphatic rings. The second-order valence-electron chi connectivity index (χ2n) is 4.90. The van der Waals surface area contributed by atoms with Crippen LogP contribution in [0.5, 0.6) is 11.5 Å². The van der Waals surface area contributed by atoms with Crippen molar-refractivity contribution in [3.63, 3.8) is 0 Å². The molecule has 7 heteroatoms. The number of carbonyl (C=O) groups excluding carboxylic acids is 1. The van der Waals surface area contributed by atoms with Gasteiger partial charge in [-0.25, -0.2) is 4.79 Å². The molecule has 1 aromatic heterocycles. The lowest BCUT2D eigenvalue weighted by atomic mass is 10.2. The summed E-state index contributed by atoms with van der Waals surface area (Å²) in [5.74, 6) is 2.23. The van der Waals surface area contributed by atoms with Crippen LogP contribution in [-0.2, 0) is 0 Å². The van der Waals surface area contributed by atoms with Gasteiger partial charge in [-0.1, -0.05) is 0 Å². The maximum atomic E-state index is 11.9. The zero-order chi connectivity index (χ0) is 16.8. The van der Waals surface area contributed by atoms with Crippen LogP contribution < -0.4 is 20.1 Å². The highest BCUT2D eigenvalue weighted by atomic mass is 16.5. The summed E-state index contributed by atoms with van der Waals surface area (Å²) >= 11 is 0. The van der Waals surface area contributed by atoms with Crippen LogP contribution in [0, 0.1) is 6.92 Å². The number of hydrogen-bond donors (Lipinski definition) is 3. The van der Waals surface area contributed by atoms with Gasteiger partial charge in [-0.2, -0.15) is 0 Å². The van der Waals surface area contributed by atoms with Crippen LogP contribution in [0.1, 0.15) is 17.6 Å². The molecule has 0 saturated carbocycles. The molecule has 1 atom stereocenters. The average molecular weight is 320 g/mol. The van der Waals surface area contributed by atoms with Gasteiger partial charge in [0.15, 0.2) is 0 Å². The number of methoxy groups -OCH3 is 2. The molecular formula is C16H20N2O5. The second-order valence-corrected chi connectivity index (χ2v) is 4.90. The lowest BCUT2D eigenvalue weighted by Crippen LogP contribution is -2.32. The Morgan fingerprint density at radius 2 is 1.87 bits per heavy atom. The van der Waals surface area contributed by atoms with Gasteiger partial charge in [0.05, 0.1) is 20.8 Å². The van der Waals surface area contributed by atoms with Crippen molar-refractivity contribution in [3.05, 3.63) is 41.9 Å². The number of aryl methyl sites for hydroxylation is 1. The largest absolute Gasteiger partial charge is 0.497 e. The molecule has 0 aliphatic heterocycles. The summed E-state index contributed by atoms with van der Waals surface area (Å²) < 4.78 is 15.6. The van der Waals surface area contributed by atoms with E-state index in [4.69, 9.17) is 13.9 Å². The van der Waals surface area contributed by atoms with E-state index in [1.165, 1.54) is 14.2 Å². The third-order valence-corrected chi connectivity index (χ3v) is 3.15. The third kappa shape index (κ3) is 4.65. The molecule has 7 nitrogen and oxygen atoms in total. The predicted molar refractivity (Wildman–Crippen MR) is 85.0 cm³/mol. The third-order valence-electron chi connectivity index (χ3n) is 3.15. The number of nitrogens with one attached hydrogen (secondary N) is 2. The standard InChI is InChI=1S/C16H20N2O5/c1-10-4-5-15(23-10)14(19)9-17-16(20)18-11-6-12(21-2)8-13(7-11)22-3/h4-8,14,19H,9H2,1-3H3,(H2,17,18,20). The van der Waals surface area contributed by atoms with Crippen LogP contribution in [0.15, 0.2) is 34.7 Å². The molecule has 2 amide bonds. The molecule has 0 bridgehead atoms. The molecule has 124 valence electrons. The first-order valence-electron chi connectivity index (χ1n) is 7.04. The lowest BCUT2D eigenvalue weighted by molar-refractivity contribution is 0.148. The van der Waals surface area contributed by atoms with Crippen LogP contribution in [0.4, 0.5) is 10.5 Å². The molecule has 0 saturated heterocycles. The zero-order valence-corrected chi connectivity index (χ0v) is 13.3. The molecule has 23 heavy (non-hydrogen) atoms. The van der Waals surface area contributed by atoms with Gasteiger partial charge in [0.25, 0.3) is 0 Å². The van der Waals surface area contributed by atoms with E-state index < -0.39 is 12.1 Å². The van der Waals surface area contributed by atoms with Crippen molar-refractivity contribution in [1.82, 2.24) is 5.32 Å². The Labute approximate surface area is 134 Å². The summed E-state index contributed by atoms with van der Waals surface area (Å²) in [6.07, 6.45) is -0.908. The smallest absolute Gasteiger partial charge is 0.319 e. The van der Waals surface area contributed by atoms with Crippen molar-refractivity contribution in [2.45, 2.75) is 13.0 Å². The van der Waals surface area contributed by atoms with Crippen LogP contribution in [-0.4, -0.2) is 31.9 Å². The first-order chi connectivity index (χ1) is 11.0. The van der Waals surface area contributed by atoms with E-state index in [0.29, 0.717) is 28.7 Å². The zero-order valence-electron chi connectivity index (χ0n) is 13.3. The van der Waals surface area contributed by atoms with E-state index in [2.05, 4.69) is 10.6 Å². The minimum Gasteiger partial charge on any atom is -0.497 e. The molecule has 0 radical (unpaired) electrons. The van der Waals surface area contributed by atoms with Crippen LogP contribution in [0.2, 0.25) is 0 Å². The predicted octanol–water partition coefficient (Wildman–Crippen LogP) is 2.46. The molecule has 2 aromatic rings. The molecule has 0 aliphatic carbocycles. The summed E-state index contributed by atoms with van der Waals surface area (Å²) in [7, 11) is 3.06. The normalized spacial score (nSPS) is 11.7. The summed E-state index contributed by atoms with van der Waals surface area (Å²) in [6, 6.07) is 7.99. The maximum Gasteiger partial charge on any atom is 0.319 e. The Balaban J connectivity index is 1.92. The van der Waals surface area contributed by atoms with Crippen LogP contribution in [0.25, 0.3) is 0 Å². The topological polar surface area (TPSA) is 93.0 Å². The number of furan rings is 1. The van der Waals surface area contributed by atoms with Crippen molar-refractivity contribution in [2.75, 3.05) is 26.1 Å². The highest BCUT2D eigenvalue weighted by Crippen LogP contribution is 2.25. The Morgan fingerprint density at radius 3 is 2.39 bits per heavy atom. The van der Waals surface area contributed by atoms with E-state index in [0.717, 1.165) is 0 Å². The highest BCUT2D eigenvalue weighted by molar-refractivity contribution is 5.89. The van der Waals surface area contributed by atoms with Gasteiger partial charge in [0, 0.05) is 23.9 Å². The van der Waals surface area contributed by atoms with Gasteiger partial charge in [-0.15, -0.1) is 0 Å². The molecular weight excluding hydrogens is 300 g/mol. The van der Waals surface area contributed by atoms with Crippen molar-refractivity contribution < 1.29 is 23.8 Å². The number of ether oxygens (including phenoxy) is 2. The van der Waals surface area contributed by atoms with Gasteiger partial charge in [0.1, 0.15) is 29.1 Å². The second kappa shape index (κ2) is 7.55. The maximum absolute atomic E-state index is 11.9. The van der Waals surface area contributed by atoms with Gasteiger partial charge in [0.2, 0.25) is 0 Å². The number of anilines is 1. The quantitative estimate of drug-likeness (QED) is 0.760. The highest BCUT2D eigenvalue weighted by Gasteiger charge is 2.13. The fraction of sp³-hybridized carbons (Fsp3) is 0.312. The molecule has 0 fully saturated rings. The summed E-state index contributed by atoms with van der Waals surface area (Å²) in [5.41, 5.74) is 0.516. The van der Waals surface area contributed by atoms with Gasteiger partial charge < -0.3 is 29.6 Å². The van der Waals surface area contributed by atoms with E-state index in [9.17, 15) is 9.90 Å².